The average Bonchev–Trinajstić information content (AvgIpc) is 2.47. The molecule has 2 nitrogen and oxygen atoms in total. The molecule has 2 N–H and O–H groups in total. The third-order valence-electron chi connectivity index (χ3n) is 4.42. The summed E-state index contributed by atoms with van der Waals surface area (Å²) in [6.45, 7) is 0.755. The SMILES string of the molecule is NCC1(c2ccc3cccnc3c2)CCCCC1. The van der Waals surface area contributed by atoms with E-state index in [2.05, 4.69) is 29.2 Å². The van der Waals surface area contributed by atoms with Crippen molar-refractivity contribution in [3.8, 4) is 0 Å². The van der Waals surface area contributed by atoms with Gasteiger partial charge in [0, 0.05) is 23.5 Å². The van der Waals surface area contributed by atoms with E-state index in [9.17, 15) is 0 Å². The largest absolute Gasteiger partial charge is 0.330 e. The Morgan fingerprint density at radius 1 is 1.11 bits per heavy atom. The molecule has 0 saturated heterocycles. The van der Waals surface area contributed by atoms with Crippen molar-refractivity contribution < 1.29 is 0 Å². The van der Waals surface area contributed by atoms with Crippen molar-refractivity contribution >= 4 is 10.9 Å². The van der Waals surface area contributed by atoms with Crippen molar-refractivity contribution in [3.05, 3.63) is 42.1 Å². The molecule has 1 fully saturated rings. The standard InChI is InChI=1S/C16H20N2/c17-12-16(8-2-1-3-9-16)14-7-6-13-5-4-10-18-15(13)11-14/h4-7,10-11H,1-3,8-9,12,17H2. The first-order valence-electron chi connectivity index (χ1n) is 6.89. The molecule has 18 heavy (non-hydrogen) atoms. The van der Waals surface area contributed by atoms with E-state index in [1.165, 1.54) is 43.1 Å². The Labute approximate surface area is 108 Å². The van der Waals surface area contributed by atoms with Gasteiger partial charge in [-0.2, -0.15) is 0 Å². The highest BCUT2D eigenvalue weighted by Gasteiger charge is 2.32. The highest BCUT2D eigenvalue weighted by atomic mass is 14.7. The van der Waals surface area contributed by atoms with Crippen molar-refractivity contribution in [3.63, 3.8) is 0 Å². The number of pyridine rings is 1. The number of hydrogen-bond acceptors (Lipinski definition) is 2. The summed E-state index contributed by atoms with van der Waals surface area (Å²) in [6, 6.07) is 10.8. The van der Waals surface area contributed by atoms with Crippen LogP contribution in [0.25, 0.3) is 10.9 Å². The Hall–Kier alpha value is -1.41. The van der Waals surface area contributed by atoms with Crippen LogP contribution >= 0.6 is 0 Å². The van der Waals surface area contributed by atoms with Gasteiger partial charge < -0.3 is 5.73 Å². The smallest absolute Gasteiger partial charge is 0.0704 e. The summed E-state index contributed by atoms with van der Waals surface area (Å²) in [5.74, 6) is 0. The molecule has 0 atom stereocenters. The van der Waals surface area contributed by atoms with Crippen molar-refractivity contribution in [2.75, 3.05) is 6.54 Å². The highest BCUT2D eigenvalue weighted by Crippen LogP contribution is 2.39. The van der Waals surface area contributed by atoms with E-state index < -0.39 is 0 Å². The van der Waals surface area contributed by atoms with Gasteiger partial charge in [-0.1, -0.05) is 37.5 Å². The molecule has 94 valence electrons. The molecule has 2 heteroatoms. The van der Waals surface area contributed by atoms with Crippen LogP contribution in [0.1, 0.15) is 37.7 Å². The Balaban J connectivity index is 2.06. The number of nitrogens with two attached hydrogens (primary N) is 1. The number of rotatable bonds is 2. The molecular weight excluding hydrogens is 220 g/mol. The molecule has 0 unspecified atom stereocenters. The Morgan fingerprint density at radius 3 is 2.72 bits per heavy atom. The van der Waals surface area contributed by atoms with Crippen molar-refractivity contribution in [2.24, 2.45) is 5.73 Å². The van der Waals surface area contributed by atoms with E-state index >= 15 is 0 Å². The molecule has 2 aromatic rings. The van der Waals surface area contributed by atoms with Gasteiger partial charge in [0.15, 0.2) is 0 Å². The van der Waals surface area contributed by atoms with Gasteiger partial charge in [0.25, 0.3) is 0 Å². The van der Waals surface area contributed by atoms with Gasteiger partial charge in [0.2, 0.25) is 0 Å². The summed E-state index contributed by atoms with van der Waals surface area (Å²) in [5, 5.41) is 1.21. The molecule has 1 aliphatic carbocycles. The molecule has 1 aromatic heterocycles. The minimum absolute atomic E-state index is 0.198. The summed E-state index contributed by atoms with van der Waals surface area (Å²) in [5.41, 5.74) is 8.77. The molecule has 1 aliphatic rings. The van der Waals surface area contributed by atoms with E-state index in [4.69, 9.17) is 5.73 Å². The van der Waals surface area contributed by atoms with Crippen LogP contribution in [0.3, 0.4) is 0 Å². The summed E-state index contributed by atoms with van der Waals surface area (Å²) in [6.07, 6.45) is 8.27. The van der Waals surface area contributed by atoms with Gasteiger partial charge in [-0.3, -0.25) is 4.98 Å². The molecule has 0 radical (unpaired) electrons. The number of nitrogens with zero attached hydrogens (tertiary/aromatic N) is 1. The maximum atomic E-state index is 6.09. The molecular formula is C16H20N2. The predicted octanol–water partition coefficient (Wildman–Crippen LogP) is 3.40. The quantitative estimate of drug-likeness (QED) is 0.873. The Bertz CT molecular complexity index is 542. The fraction of sp³-hybridized carbons (Fsp3) is 0.438. The molecule has 0 spiro atoms. The lowest BCUT2D eigenvalue weighted by molar-refractivity contribution is 0.301. The van der Waals surface area contributed by atoms with E-state index in [1.54, 1.807) is 0 Å². The van der Waals surface area contributed by atoms with Crippen LogP contribution in [-0.2, 0) is 5.41 Å². The normalized spacial score (nSPS) is 18.9. The van der Waals surface area contributed by atoms with Gasteiger partial charge in [-0.15, -0.1) is 0 Å². The summed E-state index contributed by atoms with van der Waals surface area (Å²) >= 11 is 0. The molecule has 1 aromatic carbocycles. The van der Waals surface area contributed by atoms with Crippen molar-refractivity contribution in [1.29, 1.82) is 0 Å². The number of benzene rings is 1. The van der Waals surface area contributed by atoms with Crippen molar-refractivity contribution in [1.82, 2.24) is 4.98 Å². The Kier molecular flexibility index (Phi) is 3.04. The van der Waals surface area contributed by atoms with Crippen LogP contribution in [0.4, 0.5) is 0 Å². The van der Waals surface area contributed by atoms with Crippen LogP contribution in [0.15, 0.2) is 36.5 Å². The number of fused-ring (bicyclic) bond motifs is 1. The summed E-state index contributed by atoms with van der Waals surface area (Å²) in [4.78, 5) is 4.46. The summed E-state index contributed by atoms with van der Waals surface area (Å²) in [7, 11) is 0. The minimum atomic E-state index is 0.198. The molecule has 0 amide bonds. The lowest BCUT2D eigenvalue weighted by atomic mass is 9.69. The van der Waals surface area contributed by atoms with Gasteiger partial charge in [-0.25, -0.2) is 0 Å². The maximum Gasteiger partial charge on any atom is 0.0704 e. The second-order valence-corrected chi connectivity index (χ2v) is 5.46. The lowest BCUT2D eigenvalue weighted by Crippen LogP contribution is -2.37. The summed E-state index contributed by atoms with van der Waals surface area (Å²) < 4.78 is 0. The third-order valence-corrected chi connectivity index (χ3v) is 4.42. The van der Waals surface area contributed by atoms with Crippen LogP contribution in [-0.4, -0.2) is 11.5 Å². The average molecular weight is 240 g/mol. The van der Waals surface area contributed by atoms with Gasteiger partial charge >= 0.3 is 0 Å². The second-order valence-electron chi connectivity index (χ2n) is 5.46. The highest BCUT2D eigenvalue weighted by molar-refractivity contribution is 5.79. The maximum absolute atomic E-state index is 6.09. The lowest BCUT2D eigenvalue weighted by Gasteiger charge is -2.37. The Morgan fingerprint density at radius 2 is 1.94 bits per heavy atom. The van der Waals surface area contributed by atoms with E-state index in [0.717, 1.165) is 12.1 Å². The van der Waals surface area contributed by atoms with Gasteiger partial charge in [0.1, 0.15) is 0 Å². The van der Waals surface area contributed by atoms with E-state index in [1.807, 2.05) is 12.3 Å². The predicted molar refractivity (Wildman–Crippen MR) is 75.6 cm³/mol. The fourth-order valence-corrected chi connectivity index (χ4v) is 3.24. The second kappa shape index (κ2) is 4.69. The van der Waals surface area contributed by atoms with Crippen LogP contribution in [0, 0.1) is 0 Å². The van der Waals surface area contributed by atoms with Crippen LogP contribution in [0.2, 0.25) is 0 Å². The van der Waals surface area contributed by atoms with Crippen molar-refractivity contribution in [2.45, 2.75) is 37.5 Å². The van der Waals surface area contributed by atoms with Crippen LogP contribution in [0.5, 0.6) is 0 Å². The van der Waals surface area contributed by atoms with E-state index in [-0.39, 0.29) is 5.41 Å². The first-order chi connectivity index (χ1) is 8.84. The van der Waals surface area contributed by atoms with Crippen LogP contribution < -0.4 is 5.73 Å². The van der Waals surface area contributed by atoms with Gasteiger partial charge in [0.05, 0.1) is 5.52 Å². The molecule has 1 saturated carbocycles. The fourth-order valence-electron chi connectivity index (χ4n) is 3.24. The van der Waals surface area contributed by atoms with Gasteiger partial charge in [-0.05, 0) is 30.5 Å². The number of aromatic nitrogens is 1. The zero-order chi connectivity index (χ0) is 12.4. The minimum Gasteiger partial charge on any atom is -0.330 e. The zero-order valence-electron chi connectivity index (χ0n) is 10.7. The number of hydrogen-bond donors (Lipinski definition) is 1. The molecule has 3 rings (SSSR count). The molecule has 1 heterocycles. The third kappa shape index (κ3) is 1.91. The first-order valence-corrected chi connectivity index (χ1v) is 6.89. The zero-order valence-corrected chi connectivity index (χ0v) is 10.7. The topological polar surface area (TPSA) is 38.9 Å². The molecule has 0 bridgehead atoms. The van der Waals surface area contributed by atoms with E-state index in [0.29, 0.717) is 0 Å². The molecule has 0 aliphatic heterocycles. The first kappa shape index (κ1) is 11.7. The monoisotopic (exact) mass is 240 g/mol.